The molecule has 17 heavy (non-hydrogen) atoms. The Morgan fingerprint density at radius 1 is 1.53 bits per heavy atom. The molecule has 0 aromatic heterocycles. The first kappa shape index (κ1) is 13.6. The van der Waals surface area contributed by atoms with E-state index in [0.717, 1.165) is 18.4 Å². The fourth-order valence-corrected chi connectivity index (χ4v) is 2.13. The number of nitrogens with one attached hydrogen (secondary N) is 1. The minimum atomic E-state index is -3.20. The van der Waals surface area contributed by atoms with Gasteiger partial charge >= 0.3 is 0 Å². The molecule has 0 spiro atoms. The molecule has 1 aromatic rings. The highest BCUT2D eigenvalue weighted by atomic mass is 32.2. The molecule has 4 nitrogen and oxygen atoms in total. The highest BCUT2D eigenvalue weighted by molar-refractivity contribution is 7.90. The van der Waals surface area contributed by atoms with Crippen LogP contribution in [0, 0.1) is 0 Å². The Morgan fingerprint density at radius 2 is 2.18 bits per heavy atom. The number of anilines is 2. The minimum absolute atomic E-state index is 0.207. The van der Waals surface area contributed by atoms with E-state index in [-0.39, 0.29) is 10.9 Å². The van der Waals surface area contributed by atoms with Crippen LogP contribution < -0.4 is 11.1 Å². The van der Waals surface area contributed by atoms with E-state index in [4.69, 9.17) is 5.73 Å². The Balaban J connectivity index is 2.94. The fourth-order valence-electron chi connectivity index (χ4n) is 1.48. The van der Waals surface area contributed by atoms with Gasteiger partial charge in [0, 0.05) is 12.3 Å². The molecule has 0 saturated heterocycles. The third kappa shape index (κ3) is 3.78. The van der Waals surface area contributed by atoms with Gasteiger partial charge in [-0.1, -0.05) is 6.08 Å². The highest BCUT2D eigenvalue weighted by Gasteiger charge is 2.10. The first-order chi connectivity index (χ1) is 7.84. The van der Waals surface area contributed by atoms with E-state index in [1.807, 2.05) is 13.0 Å². The average Bonchev–Trinajstić information content (AvgIpc) is 2.20. The molecule has 1 rings (SSSR count). The normalized spacial score (nSPS) is 13.1. The van der Waals surface area contributed by atoms with E-state index >= 15 is 0 Å². The van der Waals surface area contributed by atoms with Gasteiger partial charge in [-0.25, -0.2) is 8.42 Å². The van der Waals surface area contributed by atoms with Crippen molar-refractivity contribution in [3.05, 3.63) is 30.9 Å². The summed E-state index contributed by atoms with van der Waals surface area (Å²) in [5.74, 6) is 0. The third-order valence-electron chi connectivity index (χ3n) is 2.37. The second kappa shape index (κ2) is 5.23. The van der Waals surface area contributed by atoms with E-state index in [1.54, 1.807) is 12.1 Å². The van der Waals surface area contributed by atoms with Gasteiger partial charge in [-0.3, -0.25) is 0 Å². The maximum Gasteiger partial charge on any atom is 0.175 e. The number of sulfone groups is 1. The lowest BCUT2D eigenvalue weighted by atomic mass is 10.2. The van der Waals surface area contributed by atoms with E-state index in [2.05, 4.69) is 11.9 Å². The lowest BCUT2D eigenvalue weighted by Gasteiger charge is -2.15. The van der Waals surface area contributed by atoms with Crippen LogP contribution in [0.1, 0.15) is 13.3 Å². The van der Waals surface area contributed by atoms with Gasteiger partial charge in [-0.15, -0.1) is 6.58 Å². The van der Waals surface area contributed by atoms with Crippen molar-refractivity contribution in [3.8, 4) is 0 Å². The Bertz CT molecular complexity index is 509. The Hall–Kier alpha value is -1.49. The number of rotatable bonds is 5. The van der Waals surface area contributed by atoms with Crippen LogP contribution in [0.5, 0.6) is 0 Å². The number of benzene rings is 1. The van der Waals surface area contributed by atoms with Crippen molar-refractivity contribution in [3.63, 3.8) is 0 Å². The molecule has 0 heterocycles. The van der Waals surface area contributed by atoms with E-state index < -0.39 is 9.84 Å². The van der Waals surface area contributed by atoms with Gasteiger partial charge in [-0.2, -0.15) is 0 Å². The highest BCUT2D eigenvalue weighted by Crippen LogP contribution is 2.23. The van der Waals surface area contributed by atoms with Crippen molar-refractivity contribution in [2.24, 2.45) is 0 Å². The summed E-state index contributed by atoms with van der Waals surface area (Å²) in [5, 5.41) is 3.20. The Labute approximate surface area is 102 Å². The van der Waals surface area contributed by atoms with Crippen LogP contribution in [-0.2, 0) is 9.84 Å². The molecule has 1 unspecified atom stereocenters. The Kier molecular flexibility index (Phi) is 4.17. The quantitative estimate of drug-likeness (QED) is 0.623. The van der Waals surface area contributed by atoms with Crippen molar-refractivity contribution >= 4 is 21.2 Å². The molecule has 1 atom stereocenters. The molecular formula is C12H18N2O2S. The largest absolute Gasteiger partial charge is 0.397 e. The van der Waals surface area contributed by atoms with Gasteiger partial charge in [0.15, 0.2) is 9.84 Å². The molecule has 0 aliphatic heterocycles. The van der Waals surface area contributed by atoms with Gasteiger partial charge in [0.05, 0.1) is 16.3 Å². The van der Waals surface area contributed by atoms with Crippen molar-refractivity contribution < 1.29 is 8.42 Å². The zero-order chi connectivity index (χ0) is 13.1. The summed E-state index contributed by atoms with van der Waals surface area (Å²) in [4.78, 5) is 0.233. The maximum absolute atomic E-state index is 11.3. The SMILES string of the molecule is C=CCC(C)Nc1ccc(S(C)(=O)=O)cc1N. The first-order valence-corrected chi connectivity index (χ1v) is 7.20. The van der Waals surface area contributed by atoms with Gasteiger partial charge in [-0.05, 0) is 31.5 Å². The van der Waals surface area contributed by atoms with Crippen LogP contribution in [0.25, 0.3) is 0 Å². The molecule has 0 aliphatic rings. The third-order valence-corrected chi connectivity index (χ3v) is 3.48. The smallest absolute Gasteiger partial charge is 0.175 e. The number of hydrogen-bond acceptors (Lipinski definition) is 4. The summed E-state index contributed by atoms with van der Waals surface area (Å²) in [6, 6.07) is 4.91. The molecule has 5 heteroatoms. The molecule has 0 aliphatic carbocycles. The van der Waals surface area contributed by atoms with Crippen molar-refractivity contribution in [1.29, 1.82) is 0 Å². The molecule has 0 amide bonds. The van der Waals surface area contributed by atoms with Crippen LogP contribution in [-0.4, -0.2) is 20.7 Å². The monoisotopic (exact) mass is 254 g/mol. The van der Waals surface area contributed by atoms with Gasteiger partial charge < -0.3 is 11.1 Å². The summed E-state index contributed by atoms with van der Waals surface area (Å²) in [7, 11) is -3.20. The minimum Gasteiger partial charge on any atom is -0.397 e. The van der Waals surface area contributed by atoms with E-state index in [1.165, 1.54) is 6.07 Å². The number of hydrogen-bond donors (Lipinski definition) is 2. The lowest BCUT2D eigenvalue weighted by molar-refractivity contribution is 0.602. The molecule has 0 fully saturated rings. The molecule has 1 aromatic carbocycles. The summed E-state index contributed by atoms with van der Waals surface area (Å²) < 4.78 is 22.7. The predicted octanol–water partition coefficient (Wildman–Crippen LogP) is 2.05. The molecular weight excluding hydrogens is 236 g/mol. The second-order valence-corrected chi connectivity index (χ2v) is 6.11. The van der Waals surface area contributed by atoms with Crippen LogP contribution in [0.2, 0.25) is 0 Å². The predicted molar refractivity (Wildman–Crippen MR) is 71.9 cm³/mol. The van der Waals surface area contributed by atoms with E-state index in [0.29, 0.717) is 5.69 Å². The Morgan fingerprint density at radius 3 is 2.65 bits per heavy atom. The van der Waals surface area contributed by atoms with Crippen molar-refractivity contribution in [2.45, 2.75) is 24.3 Å². The van der Waals surface area contributed by atoms with Gasteiger partial charge in [0.1, 0.15) is 0 Å². The standard InChI is InChI=1S/C12H18N2O2S/c1-4-5-9(2)14-12-7-6-10(8-11(12)13)17(3,15)16/h4,6-9,14H,1,5,13H2,2-3H3. The molecule has 0 radical (unpaired) electrons. The van der Waals surface area contributed by atoms with Crippen LogP contribution in [0.15, 0.2) is 35.7 Å². The van der Waals surface area contributed by atoms with Crippen molar-refractivity contribution in [2.75, 3.05) is 17.3 Å². The molecule has 0 bridgehead atoms. The molecule has 0 saturated carbocycles. The summed E-state index contributed by atoms with van der Waals surface area (Å²) in [5.41, 5.74) is 6.99. The van der Waals surface area contributed by atoms with E-state index in [9.17, 15) is 8.42 Å². The molecule has 94 valence electrons. The second-order valence-electron chi connectivity index (χ2n) is 4.09. The maximum atomic E-state index is 11.3. The topological polar surface area (TPSA) is 72.2 Å². The summed E-state index contributed by atoms with van der Waals surface area (Å²) >= 11 is 0. The average molecular weight is 254 g/mol. The summed E-state index contributed by atoms with van der Waals surface area (Å²) in [6.07, 6.45) is 3.79. The fraction of sp³-hybridized carbons (Fsp3) is 0.333. The van der Waals surface area contributed by atoms with Crippen LogP contribution in [0.3, 0.4) is 0 Å². The zero-order valence-corrected chi connectivity index (χ0v) is 10.9. The zero-order valence-electron chi connectivity index (χ0n) is 10.1. The van der Waals surface area contributed by atoms with Crippen LogP contribution >= 0.6 is 0 Å². The van der Waals surface area contributed by atoms with Crippen LogP contribution in [0.4, 0.5) is 11.4 Å². The number of nitrogens with two attached hydrogens (primary N) is 1. The van der Waals surface area contributed by atoms with Gasteiger partial charge in [0.2, 0.25) is 0 Å². The first-order valence-electron chi connectivity index (χ1n) is 5.31. The van der Waals surface area contributed by atoms with Gasteiger partial charge in [0.25, 0.3) is 0 Å². The summed E-state index contributed by atoms with van der Waals surface area (Å²) in [6.45, 7) is 5.67. The number of nitrogen functional groups attached to an aromatic ring is 1. The van der Waals surface area contributed by atoms with Crippen molar-refractivity contribution in [1.82, 2.24) is 0 Å². The molecule has 3 N–H and O–H groups in total. The lowest BCUT2D eigenvalue weighted by Crippen LogP contribution is -2.15.